The van der Waals surface area contributed by atoms with Gasteiger partial charge in [0.2, 0.25) is 0 Å². The summed E-state index contributed by atoms with van der Waals surface area (Å²) in [6.45, 7) is 9.14. The van der Waals surface area contributed by atoms with E-state index in [-0.39, 0.29) is 0 Å². The van der Waals surface area contributed by atoms with Gasteiger partial charge in [-0.15, -0.1) is 10.2 Å². The Balaban J connectivity index is 0.000000404. The first kappa shape index (κ1) is 31.8. The molecule has 3 rings (SSSR count). The Kier molecular flexibility index (Phi) is 11.9. The highest BCUT2D eigenvalue weighted by atomic mass is 19.4. The maximum atomic E-state index is 10.6. The van der Waals surface area contributed by atoms with Crippen LogP contribution in [0.1, 0.15) is 31.2 Å². The van der Waals surface area contributed by atoms with E-state index in [0.29, 0.717) is 6.04 Å². The number of carboxylic acids is 2. The van der Waals surface area contributed by atoms with Gasteiger partial charge in [-0.2, -0.15) is 26.3 Å². The molecule has 0 unspecified atom stereocenters. The number of aliphatic carboxylic acids is 2. The molecule has 0 saturated heterocycles. The average molecular weight is 542 g/mol. The Morgan fingerprint density at radius 3 is 2.03 bits per heavy atom. The highest BCUT2D eigenvalue weighted by molar-refractivity contribution is 5.73. The molecule has 0 aliphatic carbocycles. The van der Waals surface area contributed by atoms with Gasteiger partial charge in [-0.1, -0.05) is 6.07 Å². The molecule has 0 fully saturated rings. The lowest BCUT2D eigenvalue weighted by atomic mass is 10.3. The molecule has 0 radical (unpaired) electrons. The van der Waals surface area contributed by atoms with E-state index in [4.69, 9.17) is 19.8 Å². The Morgan fingerprint density at radius 2 is 1.57 bits per heavy atom. The predicted octanol–water partition coefficient (Wildman–Crippen LogP) is 2.84. The van der Waals surface area contributed by atoms with Crippen LogP contribution < -0.4 is 0 Å². The van der Waals surface area contributed by atoms with Crippen molar-refractivity contribution in [2.45, 2.75) is 58.3 Å². The zero-order valence-corrected chi connectivity index (χ0v) is 20.3. The van der Waals surface area contributed by atoms with Crippen LogP contribution in [-0.4, -0.2) is 90.2 Å². The standard InChI is InChI=1S/C17H26N6.2C2HF3O2/c1-14(2)21(3)13-17-20-19-16-7-9-22(10-11-23(16)17)12-15-6-4-5-8-18-15;2*3-2(4,5)1(6)7/h4-6,8,14H,7,9-13H2,1-3H3;2*(H,6,7). The van der Waals surface area contributed by atoms with Crippen LogP contribution in [0.2, 0.25) is 0 Å². The maximum absolute atomic E-state index is 10.6. The average Bonchev–Trinajstić information content (AvgIpc) is 3.05. The minimum Gasteiger partial charge on any atom is -0.475 e. The normalized spacial score (nSPS) is 14.1. The first-order valence-electron chi connectivity index (χ1n) is 10.9. The molecule has 2 aromatic rings. The quantitative estimate of drug-likeness (QED) is 0.549. The number of carbonyl (C=O) groups is 2. The molecular formula is C21H28F6N6O4. The fraction of sp³-hybridized carbons (Fsp3) is 0.571. The van der Waals surface area contributed by atoms with E-state index in [9.17, 15) is 26.3 Å². The SMILES string of the molecule is CC(C)N(C)Cc1nnc2n1CCN(Cc1ccccn1)CC2.O=C(O)C(F)(F)F.O=C(O)C(F)(F)F. The molecule has 0 atom stereocenters. The number of hydrogen-bond acceptors (Lipinski definition) is 7. The molecule has 2 aromatic heterocycles. The largest absolute Gasteiger partial charge is 0.490 e. The number of fused-ring (bicyclic) bond motifs is 1. The van der Waals surface area contributed by atoms with Crippen LogP contribution in [0.4, 0.5) is 26.3 Å². The summed E-state index contributed by atoms with van der Waals surface area (Å²) in [7, 11) is 2.14. The zero-order valence-electron chi connectivity index (χ0n) is 20.3. The molecule has 10 nitrogen and oxygen atoms in total. The summed E-state index contributed by atoms with van der Waals surface area (Å²) in [5.74, 6) is -3.32. The molecule has 0 amide bonds. The van der Waals surface area contributed by atoms with Crippen LogP contribution in [0.15, 0.2) is 24.4 Å². The molecule has 2 N–H and O–H groups in total. The molecular weight excluding hydrogens is 514 g/mol. The summed E-state index contributed by atoms with van der Waals surface area (Å²) in [6.07, 6.45) is -7.35. The highest BCUT2D eigenvalue weighted by Gasteiger charge is 2.38. The molecule has 1 aliphatic heterocycles. The van der Waals surface area contributed by atoms with Gasteiger partial charge in [-0.05, 0) is 33.0 Å². The molecule has 0 aromatic carbocycles. The molecule has 0 saturated carbocycles. The van der Waals surface area contributed by atoms with Crippen molar-refractivity contribution in [2.24, 2.45) is 0 Å². The predicted molar refractivity (Wildman–Crippen MR) is 117 cm³/mol. The van der Waals surface area contributed by atoms with Crippen molar-refractivity contribution in [3.05, 3.63) is 41.7 Å². The zero-order chi connectivity index (χ0) is 28.4. The lowest BCUT2D eigenvalue weighted by Gasteiger charge is -2.21. The number of alkyl halides is 6. The molecule has 208 valence electrons. The second-order valence-corrected chi connectivity index (χ2v) is 8.15. The Bertz CT molecular complexity index is 974. The van der Waals surface area contributed by atoms with E-state index in [1.165, 1.54) is 0 Å². The number of halogens is 6. The summed E-state index contributed by atoms with van der Waals surface area (Å²) in [4.78, 5) is 27.0. The summed E-state index contributed by atoms with van der Waals surface area (Å²) >= 11 is 0. The van der Waals surface area contributed by atoms with E-state index in [0.717, 1.165) is 56.5 Å². The minimum absolute atomic E-state index is 0.509. The van der Waals surface area contributed by atoms with Crippen molar-refractivity contribution in [1.29, 1.82) is 0 Å². The fourth-order valence-corrected chi connectivity index (χ4v) is 2.83. The fourth-order valence-electron chi connectivity index (χ4n) is 2.83. The van der Waals surface area contributed by atoms with Gasteiger partial charge in [-0.25, -0.2) is 9.59 Å². The van der Waals surface area contributed by atoms with E-state index in [1.54, 1.807) is 0 Å². The van der Waals surface area contributed by atoms with Gasteiger partial charge < -0.3 is 14.8 Å². The van der Waals surface area contributed by atoms with E-state index in [1.807, 2.05) is 12.3 Å². The molecule has 16 heteroatoms. The van der Waals surface area contributed by atoms with Crippen molar-refractivity contribution in [1.82, 2.24) is 29.5 Å². The van der Waals surface area contributed by atoms with Gasteiger partial charge >= 0.3 is 24.3 Å². The highest BCUT2D eigenvalue weighted by Crippen LogP contribution is 2.15. The van der Waals surface area contributed by atoms with Crippen LogP contribution in [0.5, 0.6) is 0 Å². The maximum Gasteiger partial charge on any atom is 0.490 e. The van der Waals surface area contributed by atoms with E-state index >= 15 is 0 Å². The van der Waals surface area contributed by atoms with Crippen molar-refractivity contribution >= 4 is 11.9 Å². The van der Waals surface area contributed by atoms with Crippen molar-refractivity contribution in [2.75, 3.05) is 20.1 Å². The van der Waals surface area contributed by atoms with Crippen LogP contribution in [0.25, 0.3) is 0 Å². The lowest BCUT2D eigenvalue weighted by molar-refractivity contribution is -0.193. The van der Waals surface area contributed by atoms with E-state index < -0.39 is 24.3 Å². The topological polar surface area (TPSA) is 125 Å². The first-order chi connectivity index (χ1) is 17.0. The van der Waals surface area contributed by atoms with Crippen LogP contribution in [0.3, 0.4) is 0 Å². The summed E-state index contributed by atoms with van der Waals surface area (Å²) < 4.78 is 65.8. The number of nitrogens with zero attached hydrogens (tertiary/aromatic N) is 6. The number of aromatic nitrogens is 4. The smallest absolute Gasteiger partial charge is 0.475 e. The molecule has 0 spiro atoms. The monoisotopic (exact) mass is 542 g/mol. The number of rotatable bonds is 5. The van der Waals surface area contributed by atoms with Crippen molar-refractivity contribution in [3.63, 3.8) is 0 Å². The summed E-state index contributed by atoms with van der Waals surface area (Å²) in [5, 5.41) is 23.1. The van der Waals surface area contributed by atoms with Crippen molar-refractivity contribution in [3.8, 4) is 0 Å². The minimum atomic E-state index is -5.08. The van der Waals surface area contributed by atoms with Gasteiger partial charge in [0.15, 0.2) is 0 Å². The summed E-state index contributed by atoms with van der Waals surface area (Å²) in [5.41, 5.74) is 1.13. The Labute approximate surface area is 208 Å². The van der Waals surface area contributed by atoms with Crippen LogP contribution in [-0.2, 0) is 35.6 Å². The van der Waals surface area contributed by atoms with Crippen LogP contribution in [0, 0.1) is 0 Å². The molecule has 0 bridgehead atoms. The molecule has 1 aliphatic rings. The second kappa shape index (κ2) is 13.9. The Hall–Kier alpha value is -3.27. The van der Waals surface area contributed by atoms with Gasteiger partial charge in [0.05, 0.1) is 12.2 Å². The van der Waals surface area contributed by atoms with Crippen molar-refractivity contribution < 1.29 is 46.1 Å². The number of carboxylic acid groups (broad SMARTS) is 2. The lowest BCUT2D eigenvalue weighted by Crippen LogP contribution is -2.29. The molecule has 3 heterocycles. The van der Waals surface area contributed by atoms with Crippen LogP contribution >= 0.6 is 0 Å². The third-order valence-corrected chi connectivity index (χ3v) is 5.06. The van der Waals surface area contributed by atoms with Gasteiger partial charge in [0.1, 0.15) is 11.6 Å². The van der Waals surface area contributed by atoms with Gasteiger partial charge in [0, 0.05) is 44.8 Å². The third-order valence-electron chi connectivity index (χ3n) is 5.06. The summed E-state index contributed by atoms with van der Waals surface area (Å²) in [6, 6.07) is 6.61. The molecule has 37 heavy (non-hydrogen) atoms. The second-order valence-electron chi connectivity index (χ2n) is 8.15. The third kappa shape index (κ3) is 11.6. The number of hydrogen-bond donors (Lipinski definition) is 2. The Morgan fingerprint density at radius 1 is 1.00 bits per heavy atom. The first-order valence-corrected chi connectivity index (χ1v) is 10.9. The number of pyridine rings is 1. The van der Waals surface area contributed by atoms with Gasteiger partial charge in [0.25, 0.3) is 0 Å². The van der Waals surface area contributed by atoms with Gasteiger partial charge in [-0.3, -0.25) is 14.8 Å². The van der Waals surface area contributed by atoms with E-state index in [2.05, 4.69) is 62.6 Å².